The molecule has 3 rings (SSSR count). The molecule has 124 valence electrons. The molecule has 0 bridgehead atoms. The molecule has 3 nitrogen and oxygen atoms in total. The fraction of sp³-hybridized carbons (Fsp3) is 0.412. The molecular formula is C17H20ClNO2S2. The highest BCUT2D eigenvalue weighted by atomic mass is 35.5. The van der Waals surface area contributed by atoms with Crippen LogP contribution in [0.25, 0.3) is 0 Å². The topological polar surface area (TPSA) is 46.2 Å². The van der Waals surface area contributed by atoms with E-state index in [1.54, 1.807) is 36.5 Å². The monoisotopic (exact) mass is 369 g/mol. The van der Waals surface area contributed by atoms with Crippen molar-refractivity contribution in [3.8, 4) is 0 Å². The third kappa shape index (κ3) is 3.33. The fourth-order valence-electron chi connectivity index (χ4n) is 3.38. The highest BCUT2D eigenvalue weighted by Gasteiger charge is 2.37. The summed E-state index contributed by atoms with van der Waals surface area (Å²) in [5.41, 5.74) is 1.78. The van der Waals surface area contributed by atoms with Gasteiger partial charge in [-0.15, -0.1) is 0 Å². The molecule has 6 heteroatoms. The molecule has 0 atom stereocenters. The Balaban J connectivity index is 1.85. The minimum Gasteiger partial charge on any atom is -0.210 e. The van der Waals surface area contributed by atoms with Crippen molar-refractivity contribution in [2.24, 2.45) is 0 Å². The van der Waals surface area contributed by atoms with Crippen molar-refractivity contribution in [1.82, 2.24) is 4.72 Å². The molecule has 0 radical (unpaired) electrons. The van der Waals surface area contributed by atoms with Crippen LogP contribution in [0.15, 0.2) is 39.9 Å². The van der Waals surface area contributed by atoms with Gasteiger partial charge in [-0.3, -0.25) is 0 Å². The third-order valence-corrected chi connectivity index (χ3v) is 7.44. The molecule has 0 saturated heterocycles. The van der Waals surface area contributed by atoms with Crippen LogP contribution in [-0.2, 0) is 15.4 Å². The molecule has 0 spiro atoms. The second-order valence-electron chi connectivity index (χ2n) is 6.19. The molecule has 1 fully saturated rings. The molecule has 1 aromatic carbocycles. The molecule has 0 unspecified atom stereocenters. The van der Waals surface area contributed by atoms with E-state index in [0.717, 1.165) is 25.7 Å². The van der Waals surface area contributed by atoms with Gasteiger partial charge in [0.15, 0.2) is 0 Å². The van der Waals surface area contributed by atoms with E-state index >= 15 is 0 Å². The second-order valence-corrected chi connectivity index (χ2v) is 9.11. The number of thiophene rings is 1. The lowest BCUT2D eigenvalue weighted by atomic mass is 9.81. The van der Waals surface area contributed by atoms with E-state index in [2.05, 4.69) is 21.5 Å². The third-order valence-electron chi connectivity index (χ3n) is 4.80. The maximum absolute atomic E-state index is 12.7. The molecule has 1 aromatic heterocycles. The zero-order chi connectivity index (χ0) is 16.5. The Morgan fingerprint density at radius 1 is 1.26 bits per heavy atom. The minimum atomic E-state index is -3.56. The lowest BCUT2D eigenvalue weighted by Crippen LogP contribution is -2.38. The van der Waals surface area contributed by atoms with Gasteiger partial charge in [-0.1, -0.05) is 30.5 Å². The molecule has 2 aromatic rings. The summed E-state index contributed by atoms with van der Waals surface area (Å²) in [5.74, 6) is 0. The van der Waals surface area contributed by atoms with Crippen LogP contribution in [0.1, 0.15) is 36.8 Å². The van der Waals surface area contributed by atoms with Crippen LogP contribution in [0.2, 0.25) is 5.02 Å². The van der Waals surface area contributed by atoms with Crippen LogP contribution < -0.4 is 4.72 Å². The Hall–Kier alpha value is -0.880. The van der Waals surface area contributed by atoms with Gasteiger partial charge in [0.1, 0.15) is 0 Å². The van der Waals surface area contributed by atoms with Crippen molar-refractivity contribution < 1.29 is 8.42 Å². The molecule has 1 saturated carbocycles. The predicted molar refractivity (Wildman–Crippen MR) is 95.8 cm³/mol. The average molecular weight is 370 g/mol. The largest absolute Gasteiger partial charge is 0.240 e. The summed E-state index contributed by atoms with van der Waals surface area (Å²) in [4.78, 5) is 0.267. The quantitative estimate of drug-likeness (QED) is 0.843. The summed E-state index contributed by atoms with van der Waals surface area (Å²) in [6.07, 6.45) is 4.35. The van der Waals surface area contributed by atoms with Crippen LogP contribution in [0, 0.1) is 6.92 Å². The Morgan fingerprint density at radius 3 is 2.65 bits per heavy atom. The summed E-state index contributed by atoms with van der Waals surface area (Å²) in [6, 6.07) is 7.11. The summed E-state index contributed by atoms with van der Waals surface area (Å²) in [5, 5.41) is 4.68. The molecule has 23 heavy (non-hydrogen) atoms. The van der Waals surface area contributed by atoms with E-state index in [4.69, 9.17) is 11.6 Å². The van der Waals surface area contributed by atoms with E-state index in [1.807, 2.05) is 0 Å². The minimum absolute atomic E-state index is 0.0699. The highest BCUT2D eigenvalue weighted by molar-refractivity contribution is 7.89. The number of rotatable bonds is 5. The van der Waals surface area contributed by atoms with Gasteiger partial charge >= 0.3 is 0 Å². The molecule has 0 aliphatic heterocycles. The van der Waals surface area contributed by atoms with Gasteiger partial charge in [0, 0.05) is 17.0 Å². The van der Waals surface area contributed by atoms with Gasteiger partial charge in [-0.2, -0.15) is 11.3 Å². The van der Waals surface area contributed by atoms with E-state index in [0.29, 0.717) is 17.1 Å². The summed E-state index contributed by atoms with van der Waals surface area (Å²) >= 11 is 7.73. The number of sulfonamides is 1. The SMILES string of the molecule is Cc1c(Cl)cccc1S(=O)(=O)NCC1(c2ccsc2)CCCC1. The normalized spacial score (nSPS) is 17.5. The first-order valence-electron chi connectivity index (χ1n) is 7.72. The van der Waals surface area contributed by atoms with Gasteiger partial charge in [0.05, 0.1) is 4.90 Å². The Labute approximate surface area is 146 Å². The highest BCUT2D eigenvalue weighted by Crippen LogP contribution is 2.41. The van der Waals surface area contributed by atoms with Crippen LogP contribution in [-0.4, -0.2) is 15.0 Å². The van der Waals surface area contributed by atoms with Gasteiger partial charge in [0.25, 0.3) is 0 Å². The van der Waals surface area contributed by atoms with Crippen LogP contribution in [0.3, 0.4) is 0 Å². The standard InChI is InChI=1S/C17H20ClNO2S2/c1-13-15(18)5-4-6-16(13)23(20,21)19-12-17(8-2-3-9-17)14-7-10-22-11-14/h4-7,10-11,19H,2-3,8-9,12H2,1H3. The zero-order valence-corrected chi connectivity index (χ0v) is 15.4. The number of benzene rings is 1. The van der Waals surface area contributed by atoms with Crippen molar-refractivity contribution in [1.29, 1.82) is 0 Å². The fourth-order valence-corrected chi connectivity index (χ4v) is 5.78. The Kier molecular flexibility index (Phi) is 4.83. The van der Waals surface area contributed by atoms with Gasteiger partial charge < -0.3 is 0 Å². The number of hydrogen-bond acceptors (Lipinski definition) is 3. The van der Waals surface area contributed by atoms with Crippen LogP contribution >= 0.6 is 22.9 Å². The zero-order valence-electron chi connectivity index (χ0n) is 13.0. The van der Waals surface area contributed by atoms with Crippen molar-refractivity contribution in [2.45, 2.75) is 42.9 Å². The van der Waals surface area contributed by atoms with Crippen LogP contribution in [0.5, 0.6) is 0 Å². The van der Waals surface area contributed by atoms with Crippen molar-refractivity contribution in [3.05, 3.63) is 51.2 Å². The van der Waals surface area contributed by atoms with Crippen molar-refractivity contribution in [2.75, 3.05) is 6.54 Å². The van der Waals surface area contributed by atoms with E-state index < -0.39 is 10.0 Å². The van der Waals surface area contributed by atoms with Gasteiger partial charge in [0.2, 0.25) is 10.0 Å². The Morgan fingerprint density at radius 2 is 2.00 bits per heavy atom. The lowest BCUT2D eigenvalue weighted by Gasteiger charge is -2.28. The number of halogens is 1. The Bertz CT molecular complexity index is 779. The summed E-state index contributed by atoms with van der Waals surface area (Å²) in [6.45, 7) is 2.18. The maximum atomic E-state index is 12.7. The van der Waals surface area contributed by atoms with E-state index in [1.165, 1.54) is 5.56 Å². The maximum Gasteiger partial charge on any atom is 0.240 e. The van der Waals surface area contributed by atoms with Crippen molar-refractivity contribution >= 4 is 33.0 Å². The second kappa shape index (κ2) is 6.55. The summed E-state index contributed by atoms with van der Waals surface area (Å²) < 4.78 is 28.2. The van der Waals surface area contributed by atoms with E-state index in [-0.39, 0.29) is 10.3 Å². The molecule has 1 heterocycles. The first-order valence-corrected chi connectivity index (χ1v) is 10.5. The summed E-state index contributed by atoms with van der Waals surface area (Å²) in [7, 11) is -3.56. The van der Waals surface area contributed by atoms with Gasteiger partial charge in [-0.25, -0.2) is 13.1 Å². The van der Waals surface area contributed by atoms with E-state index in [9.17, 15) is 8.42 Å². The predicted octanol–water partition coefficient (Wildman–Crippen LogP) is 4.50. The lowest BCUT2D eigenvalue weighted by molar-refractivity contribution is 0.433. The van der Waals surface area contributed by atoms with Gasteiger partial charge in [-0.05, 0) is 59.9 Å². The molecule has 1 aliphatic carbocycles. The number of hydrogen-bond donors (Lipinski definition) is 1. The molecule has 0 amide bonds. The molecule has 1 aliphatic rings. The smallest absolute Gasteiger partial charge is 0.210 e. The first-order chi connectivity index (χ1) is 10.9. The molecule has 1 N–H and O–H groups in total. The molecular weight excluding hydrogens is 350 g/mol. The van der Waals surface area contributed by atoms with Crippen LogP contribution in [0.4, 0.5) is 0 Å². The average Bonchev–Trinajstić information content (AvgIpc) is 3.19. The van der Waals surface area contributed by atoms with Crippen molar-refractivity contribution in [3.63, 3.8) is 0 Å². The number of nitrogens with one attached hydrogen (secondary N) is 1. The first kappa shape index (κ1) is 17.0.